The van der Waals surface area contributed by atoms with Gasteiger partial charge in [0.25, 0.3) is 0 Å². The van der Waals surface area contributed by atoms with Crippen LogP contribution in [0.4, 0.5) is 10.6 Å². The van der Waals surface area contributed by atoms with Crippen molar-refractivity contribution in [2.75, 3.05) is 12.1 Å². The van der Waals surface area contributed by atoms with E-state index in [0.717, 1.165) is 4.57 Å². The molecular weight excluding hydrogens is 376 g/mol. The highest BCUT2D eigenvalue weighted by Gasteiger charge is 2.55. The molecule has 2 aliphatic heterocycles. The third-order valence-electron chi connectivity index (χ3n) is 4.24. The molecule has 0 bridgehead atoms. The van der Waals surface area contributed by atoms with Crippen LogP contribution in [0.3, 0.4) is 0 Å². The Labute approximate surface area is 156 Å². The molecule has 0 radical (unpaired) electrons. The number of anilines is 1. The molecule has 0 aliphatic carbocycles. The van der Waals surface area contributed by atoms with Crippen molar-refractivity contribution in [3.63, 3.8) is 0 Å². The molecule has 0 aromatic carbocycles. The van der Waals surface area contributed by atoms with E-state index in [9.17, 15) is 14.4 Å². The van der Waals surface area contributed by atoms with Gasteiger partial charge in [-0.25, -0.2) is 14.4 Å². The second kappa shape index (κ2) is 7.25. The molecule has 2 aliphatic rings. The van der Waals surface area contributed by atoms with Gasteiger partial charge >= 0.3 is 17.8 Å². The maximum Gasteiger partial charge on any atom is 0.509 e. The highest BCUT2D eigenvalue weighted by atomic mass is 16.8. The van der Waals surface area contributed by atoms with E-state index in [4.69, 9.17) is 24.2 Å². The number of aromatic nitrogens is 3. The molecule has 146 valence electrons. The van der Waals surface area contributed by atoms with E-state index in [-0.39, 0.29) is 18.0 Å². The standard InChI is InChI=1S/C16H14N4O8/c21-14(8-2-1-4-17-6-8)25-7-9-11-12(28-16(23)27-11)13(26-9)20-5-3-10(19-24)18-15(20)22/h1-6,9,11-13,24H,7H2,(H,18,19,22)/t9-,11-,12-,13-/m1/s1. The minimum absolute atomic E-state index is 0.0579. The first-order chi connectivity index (χ1) is 13.6. The zero-order valence-electron chi connectivity index (χ0n) is 14.1. The number of ether oxygens (including phenoxy) is 4. The molecular formula is C16H14N4O8. The number of pyridine rings is 1. The summed E-state index contributed by atoms with van der Waals surface area (Å²) < 4.78 is 22.2. The van der Waals surface area contributed by atoms with Gasteiger partial charge in [-0.1, -0.05) is 0 Å². The highest BCUT2D eigenvalue weighted by molar-refractivity contribution is 5.88. The maximum atomic E-state index is 12.2. The lowest BCUT2D eigenvalue weighted by molar-refractivity contribution is -0.0769. The molecule has 4 atom stereocenters. The number of hydrogen-bond donors (Lipinski definition) is 2. The fraction of sp³-hybridized carbons (Fsp3) is 0.312. The molecule has 28 heavy (non-hydrogen) atoms. The van der Waals surface area contributed by atoms with Crippen molar-refractivity contribution in [2.45, 2.75) is 24.5 Å². The van der Waals surface area contributed by atoms with Gasteiger partial charge in [0, 0.05) is 18.6 Å². The Balaban J connectivity index is 1.51. The minimum atomic E-state index is -1.04. The molecule has 0 saturated carbocycles. The van der Waals surface area contributed by atoms with Crippen molar-refractivity contribution in [3.8, 4) is 0 Å². The number of nitrogens with one attached hydrogen (secondary N) is 1. The zero-order valence-corrected chi connectivity index (χ0v) is 14.1. The van der Waals surface area contributed by atoms with Crippen LogP contribution >= 0.6 is 0 Å². The smallest absolute Gasteiger partial charge is 0.459 e. The van der Waals surface area contributed by atoms with Gasteiger partial charge in [-0.2, -0.15) is 4.98 Å². The zero-order chi connectivity index (χ0) is 19.7. The summed E-state index contributed by atoms with van der Waals surface area (Å²) in [5, 5.41) is 8.83. The highest BCUT2D eigenvalue weighted by Crippen LogP contribution is 2.37. The quantitative estimate of drug-likeness (QED) is 0.528. The third-order valence-corrected chi connectivity index (χ3v) is 4.24. The number of carbonyl (C=O) groups excluding carboxylic acids is 2. The van der Waals surface area contributed by atoms with Crippen LogP contribution in [0.2, 0.25) is 0 Å². The van der Waals surface area contributed by atoms with Crippen molar-refractivity contribution < 1.29 is 33.7 Å². The number of hydrogen-bond acceptors (Lipinski definition) is 11. The summed E-state index contributed by atoms with van der Waals surface area (Å²) in [6.45, 7) is -0.236. The first-order valence-electron chi connectivity index (χ1n) is 8.16. The van der Waals surface area contributed by atoms with Crippen LogP contribution in [-0.2, 0) is 18.9 Å². The Morgan fingerprint density at radius 2 is 2.11 bits per heavy atom. The van der Waals surface area contributed by atoms with Gasteiger partial charge in [0.15, 0.2) is 24.3 Å². The predicted octanol–water partition coefficient (Wildman–Crippen LogP) is 0.0978. The normalized spacial score (nSPS) is 25.5. The minimum Gasteiger partial charge on any atom is -0.459 e. The second-order valence-corrected chi connectivity index (χ2v) is 5.93. The molecule has 2 fully saturated rings. The molecule has 0 amide bonds. The first-order valence-corrected chi connectivity index (χ1v) is 8.16. The van der Waals surface area contributed by atoms with E-state index < -0.39 is 42.4 Å². The van der Waals surface area contributed by atoms with E-state index in [1.165, 1.54) is 30.7 Å². The Kier molecular flexibility index (Phi) is 4.63. The fourth-order valence-electron chi connectivity index (χ4n) is 2.98. The summed E-state index contributed by atoms with van der Waals surface area (Å²) in [6.07, 6.45) is -0.429. The lowest BCUT2D eigenvalue weighted by Gasteiger charge is -2.18. The topological polar surface area (TPSA) is 151 Å². The van der Waals surface area contributed by atoms with Crippen LogP contribution in [0.15, 0.2) is 41.6 Å². The number of rotatable bonds is 5. The molecule has 2 aromatic rings. The Morgan fingerprint density at radius 3 is 2.82 bits per heavy atom. The molecule has 12 nitrogen and oxygen atoms in total. The SMILES string of the molecule is O=C1O[C@@H]2[C@H](O1)[C@@H](COC(=O)c1cccnc1)O[C@H]2n1ccc(NO)nc1=O. The van der Waals surface area contributed by atoms with Gasteiger partial charge in [0.2, 0.25) is 0 Å². The van der Waals surface area contributed by atoms with Crippen LogP contribution < -0.4 is 11.2 Å². The second-order valence-electron chi connectivity index (χ2n) is 5.93. The first kappa shape index (κ1) is 17.9. The maximum absolute atomic E-state index is 12.2. The third kappa shape index (κ3) is 3.25. The van der Waals surface area contributed by atoms with Crippen molar-refractivity contribution in [3.05, 3.63) is 52.8 Å². The lowest BCUT2D eigenvalue weighted by atomic mass is 10.1. The van der Waals surface area contributed by atoms with Crippen LogP contribution in [-0.4, -0.2) is 56.8 Å². The van der Waals surface area contributed by atoms with Gasteiger partial charge in [-0.15, -0.1) is 0 Å². The molecule has 2 N–H and O–H groups in total. The van der Waals surface area contributed by atoms with Gasteiger partial charge in [-0.05, 0) is 18.2 Å². The Morgan fingerprint density at radius 1 is 1.29 bits per heavy atom. The molecule has 2 saturated heterocycles. The van der Waals surface area contributed by atoms with E-state index in [2.05, 4.69) is 9.97 Å². The molecule has 4 rings (SSSR count). The van der Waals surface area contributed by atoms with Crippen LogP contribution in [0, 0.1) is 0 Å². The summed E-state index contributed by atoms with van der Waals surface area (Å²) in [7, 11) is 0. The summed E-state index contributed by atoms with van der Waals surface area (Å²) in [6, 6.07) is 4.45. The van der Waals surface area contributed by atoms with Crippen LogP contribution in [0.1, 0.15) is 16.6 Å². The van der Waals surface area contributed by atoms with Crippen molar-refractivity contribution in [1.29, 1.82) is 0 Å². The summed E-state index contributed by atoms with van der Waals surface area (Å²) >= 11 is 0. The van der Waals surface area contributed by atoms with Crippen molar-refractivity contribution >= 4 is 17.9 Å². The summed E-state index contributed by atoms with van der Waals surface area (Å²) in [5.41, 5.74) is 1.26. The van der Waals surface area contributed by atoms with Crippen molar-refractivity contribution in [1.82, 2.24) is 14.5 Å². The lowest BCUT2D eigenvalue weighted by Crippen LogP contribution is -2.34. The Bertz CT molecular complexity index is 949. The monoisotopic (exact) mass is 390 g/mol. The van der Waals surface area contributed by atoms with Crippen molar-refractivity contribution in [2.24, 2.45) is 0 Å². The predicted molar refractivity (Wildman–Crippen MR) is 87.5 cm³/mol. The largest absolute Gasteiger partial charge is 0.509 e. The molecule has 4 heterocycles. The molecule has 0 unspecified atom stereocenters. The number of nitrogens with zero attached hydrogens (tertiary/aromatic N) is 3. The average Bonchev–Trinajstić information content (AvgIpc) is 3.24. The Hall–Kier alpha value is -3.51. The van der Waals surface area contributed by atoms with Gasteiger partial charge < -0.3 is 18.9 Å². The van der Waals surface area contributed by atoms with Crippen LogP contribution in [0.5, 0.6) is 0 Å². The molecule has 2 aromatic heterocycles. The number of fused-ring (bicyclic) bond motifs is 1. The van der Waals surface area contributed by atoms with E-state index in [1.54, 1.807) is 11.5 Å². The van der Waals surface area contributed by atoms with Gasteiger partial charge in [0.05, 0.1) is 5.56 Å². The fourth-order valence-corrected chi connectivity index (χ4v) is 2.98. The van der Waals surface area contributed by atoms with E-state index >= 15 is 0 Å². The number of carbonyl (C=O) groups is 2. The van der Waals surface area contributed by atoms with E-state index in [1.807, 2.05) is 0 Å². The number of esters is 1. The summed E-state index contributed by atoms with van der Waals surface area (Å²) in [4.78, 5) is 43.2. The van der Waals surface area contributed by atoms with Gasteiger partial charge in [-0.3, -0.25) is 20.2 Å². The van der Waals surface area contributed by atoms with E-state index in [0.29, 0.717) is 0 Å². The van der Waals surface area contributed by atoms with Crippen LogP contribution in [0.25, 0.3) is 0 Å². The molecule has 0 spiro atoms. The average molecular weight is 390 g/mol. The molecule has 12 heteroatoms. The van der Waals surface area contributed by atoms with Gasteiger partial charge in [0.1, 0.15) is 12.7 Å². The summed E-state index contributed by atoms with van der Waals surface area (Å²) in [5.74, 6) is -0.684.